The maximum Gasteiger partial charge on any atom is 0.143 e. The number of nitrogens with zero attached hydrogens (tertiary/aromatic N) is 2. The van der Waals surface area contributed by atoms with Crippen molar-refractivity contribution >= 4 is 33.1 Å². The van der Waals surface area contributed by atoms with Crippen molar-refractivity contribution in [3.63, 3.8) is 0 Å². The van der Waals surface area contributed by atoms with E-state index < -0.39 is 0 Å². The van der Waals surface area contributed by atoms with Gasteiger partial charge in [-0.2, -0.15) is 0 Å². The second kappa shape index (κ2) is 6.50. The van der Waals surface area contributed by atoms with Crippen molar-refractivity contribution in [2.24, 2.45) is 0 Å². The van der Waals surface area contributed by atoms with Crippen LogP contribution in [0.5, 0.6) is 0 Å². The van der Waals surface area contributed by atoms with Crippen molar-refractivity contribution in [1.82, 2.24) is 9.97 Å². The fourth-order valence-electron chi connectivity index (χ4n) is 3.10. The number of aryl methyl sites for hydroxylation is 3. The van der Waals surface area contributed by atoms with E-state index in [2.05, 4.69) is 54.3 Å². The maximum atomic E-state index is 13.4. The summed E-state index contributed by atoms with van der Waals surface area (Å²) in [5.74, 6) is 0.531. The fourth-order valence-corrected chi connectivity index (χ4v) is 4.11. The molecular formula is C21H18FN3S. The monoisotopic (exact) mass is 363 g/mol. The lowest BCUT2D eigenvalue weighted by molar-refractivity contribution is 0.628. The topological polar surface area (TPSA) is 37.8 Å². The third kappa shape index (κ3) is 2.95. The van der Waals surface area contributed by atoms with Gasteiger partial charge in [0.1, 0.15) is 22.8 Å². The van der Waals surface area contributed by atoms with Gasteiger partial charge in [-0.25, -0.2) is 14.4 Å². The SMILES string of the molecule is Cc1ccc(C)c(Nc2ncnc3sc(C)c(-c4ccc(F)cc4)c23)c1. The fraction of sp³-hybridized carbons (Fsp3) is 0.143. The number of halogens is 1. The number of rotatable bonds is 3. The first-order valence-electron chi connectivity index (χ1n) is 8.37. The normalized spacial score (nSPS) is 11.1. The molecule has 0 aliphatic carbocycles. The summed E-state index contributed by atoms with van der Waals surface area (Å²) >= 11 is 1.63. The van der Waals surface area contributed by atoms with E-state index >= 15 is 0 Å². The van der Waals surface area contributed by atoms with E-state index in [4.69, 9.17) is 0 Å². The quantitative estimate of drug-likeness (QED) is 0.473. The first-order chi connectivity index (χ1) is 12.5. The van der Waals surface area contributed by atoms with Crippen LogP contribution in [0.15, 0.2) is 48.8 Å². The summed E-state index contributed by atoms with van der Waals surface area (Å²) in [6, 6.07) is 12.9. The van der Waals surface area contributed by atoms with E-state index in [1.54, 1.807) is 29.8 Å². The number of fused-ring (bicyclic) bond motifs is 1. The Kier molecular flexibility index (Phi) is 4.17. The minimum Gasteiger partial charge on any atom is -0.339 e. The van der Waals surface area contributed by atoms with Crippen molar-refractivity contribution in [3.05, 3.63) is 70.6 Å². The van der Waals surface area contributed by atoms with Gasteiger partial charge in [-0.05, 0) is 55.7 Å². The van der Waals surface area contributed by atoms with E-state index in [9.17, 15) is 4.39 Å². The third-order valence-corrected chi connectivity index (χ3v) is 5.46. The summed E-state index contributed by atoms with van der Waals surface area (Å²) in [4.78, 5) is 11.0. The predicted molar refractivity (Wildman–Crippen MR) is 107 cm³/mol. The van der Waals surface area contributed by atoms with E-state index in [1.165, 1.54) is 17.7 Å². The molecular weight excluding hydrogens is 345 g/mol. The van der Waals surface area contributed by atoms with Crippen LogP contribution in [-0.2, 0) is 0 Å². The zero-order valence-electron chi connectivity index (χ0n) is 14.8. The second-order valence-corrected chi connectivity index (χ2v) is 7.59. The van der Waals surface area contributed by atoms with Crippen LogP contribution in [0.4, 0.5) is 15.9 Å². The summed E-state index contributed by atoms with van der Waals surface area (Å²) in [6.07, 6.45) is 1.58. The molecule has 0 spiro atoms. The first kappa shape index (κ1) is 16.7. The van der Waals surface area contributed by atoms with Crippen molar-refractivity contribution in [3.8, 4) is 11.1 Å². The van der Waals surface area contributed by atoms with Crippen molar-refractivity contribution < 1.29 is 4.39 Å². The molecule has 4 aromatic rings. The predicted octanol–water partition coefficient (Wildman–Crippen LogP) is 6.17. The largest absolute Gasteiger partial charge is 0.339 e. The molecule has 130 valence electrons. The zero-order chi connectivity index (χ0) is 18.3. The summed E-state index contributed by atoms with van der Waals surface area (Å²) in [5.41, 5.74) is 5.38. The van der Waals surface area contributed by atoms with Gasteiger partial charge in [-0.1, -0.05) is 24.3 Å². The van der Waals surface area contributed by atoms with Gasteiger partial charge in [0.05, 0.1) is 5.39 Å². The Labute approximate surface area is 155 Å². The molecule has 0 saturated heterocycles. The Morgan fingerprint density at radius 2 is 1.73 bits per heavy atom. The first-order valence-corrected chi connectivity index (χ1v) is 9.19. The van der Waals surface area contributed by atoms with Crippen LogP contribution in [0.1, 0.15) is 16.0 Å². The van der Waals surface area contributed by atoms with Gasteiger partial charge in [0, 0.05) is 16.1 Å². The minimum atomic E-state index is -0.240. The van der Waals surface area contributed by atoms with Crippen molar-refractivity contribution in [2.45, 2.75) is 20.8 Å². The molecule has 3 nitrogen and oxygen atoms in total. The van der Waals surface area contributed by atoms with Gasteiger partial charge in [-0.15, -0.1) is 11.3 Å². The molecule has 2 heterocycles. The molecule has 2 aromatic carbocycles. The maximum absolute atomic E-state index is 13.4. The molecule has 0 amide bonds. The Hall–Kier alpha value is -2.79. The van der Waals surface area contributed by atoms with E-state index in [1.807, 2.05) is 0 Å². The summed E-state index contributed by atoms with van der Waals surface area (Å²) < 4.78 is 13.4. The molecule has 0 atom stereocenters. The third-order valence-electron chi connectivity index (χ3n) is 4.44. The number of benzene rings is 2. The highest BCUT2D eigenvalue weighted by Crippen LogP contribution is 2.41. The van der Waals surface area contributed by atoms with E-state index in [0.29, 0.717) is 0 Å². The molecule has 5 heteroatoms. The molecule has 0 fully saturated rings. The van der Waals surface area contributed by atoms with Crippen LogP contribution >= 0.6 is 11.3 Å². The van der Waals surface area contributed by atoms with Crippen molar-refractivity contribution in [2.75, 3.05) is 5.32 Å². The van der Waals surface area contributed by atoms with Crippen LogP contribution in [0.25, 0.3) is 21.3 Å². The molecule has 0 bridgehead atoms. The summed E-state index contributed by atoms with van der Waals surface area (Å²) in [7, 11) is 0. The van der Waals surface area contributed by atoms with Gasteiger partial charge in [-0.3, -0.25) is 0 Å². The second-order valence-electron chi connectivity index (χ2n) is 6.39. The zero-order valence-corrected chi connectivity index (χ0v) is 15.6. The molecule has 4 rings (SSSR count). The highest BCUT2D eigenvalue weighted by molar-refractivity contribution is 7.19. The number of aromatic nitrogens is 2. The number of thiophene rings is 1. The highest BCUT2D eigenvalue weighted by Gasteiger charge is 2.17. The molecule has 0 aliphatic heterocycles. The minimum absolute atomic E-state index is 0.240. The van der Waals surface area contributed by atoms with Crippen LogP contribution < -0.4 is 5.32 Å². The summed E-state index contributed by atoms with van der Waals surface area (Å²) in [6.45, 7) is 6.20. The van der Waals surface area contributed by atoms with Gasteiger partial charge in [0.2, 0.25) is 0 Å². The standard InChI is InChI=1S/C21H18FN3S/c1-12-4-5-13(2)17(10-12)25-20-19-18(15-6-8-16(22)9-7-15)14(3)26-21(19)24-11-23-20/h4-11H,1-3H3,(H,23,24,25). The number of hydrogen-bond donors (Lipinski definition) is 1. The van der Waals surface area contributed by atoms with Crippen LogP contribution in [-0.4, -0.2) is 9.97 Å². The van der Waals surface area contributed by atoms with Crippen LogP contribution in [0, 0.1) is 26.6 Å². The molecule has 0 radical (unpaired) electrons. The van der Waals surface area contributed by atoms with E-state index in [-0.39, 0.29) is 5.82 Å². The van der Waals surface area contributed by atoms with Crippen LogP contribution in [0.3, 0.4) is 0 Å². The van der Waals surface area contributed by atoms with Gasteiger partial charge in [0.25, 0.3) is 0 Å². The molecule has 0 unspecified atom stereocenters. The smallest absolute Gasteiger partial charge is 0.143 e. The van der Waals surface area contributed by atoms with E-state index in [0.717, 1.165) is 43.3 Å². The Morgan fingerprint density at radius 3 is 2.50 bits per heavy atom. The van der Waals surface area contributed by atoms with Crippen LogP contribution in [0.2, 0.25) is 0 Å². The average Bonchev–Trinajstić information content (AvgIpc) is 2.96. The molecule has 0 aliphatic rings. The lowest BCUT2D eigenvalue weighted by atomic mass is 10.0. The number of hydrogen-bond acceptors (Lipinski definition) is 4. The molecule has 26 heavy (non-hydrogen) atoms. The summed E-state index contributed by atoms with van der Waals surface area (Å²) in [5, 5.41) is 4.45. The van der Waals surface area contributed by atoms with Gasteiger partial charge >= 0.3 is 0 Å². The number of anilines is 2. The Bertz CT molecular complexity index is 1100. The average molecular weight is 363 g/mol. The highest BCUT2D eigenvalue weighted by atomic mass is 32.1. The molecule has 1 N–H and O–H groups in total. The van der Waals surface area contributed by atoms with Crippen molar-refractivity contribution in [1.29, 1.82) is 0 Å². The molecule has 2 aromatic heterocycles. The lowest BCUT2D eigenvalue weighted by Gasteiger charge is -2.12. The lowest BCUT2D eigenvalue weighted by Crippen LogP contribution is -1.98. The molecule has 0 saturated carbocycles. The Balaban J connectivity index is 1.90. The van der Waals surface area contributed by atoms with Gasteiger partial charge in [0.15, 0.2) is 0 Å². The Morgan fingerprint density at radius 1 is 0.962 bits per heavy atom. The van der Waals surface area contributed by atoms with Gasteiger partial charge < -0.3 is 5.32 Å². The number of nitrogens with one attached hydrogen (secondary N) is 1.